The molecule has 0 saturated carbocycles. The molecule has 3 rings (SSSR count). The van der Waals surface area contributed by atoms with Gasteiger partial charge in [0.05, 0.1) is 11.6 Å². The number of hydrogen-bond acceptors (Lipinski definition) is 7. The van der Waals surface area contributed by atoms with Crippen LogP contribution in [0.5, 0.6) is 5.88 Å². The van der Waals surface area contributed by atoms with E-state index in [4.69, 9.17) is 16.2 Å². The molecule has 210 valence electrons. The van der Waals surface area contributed by atoms with Gasteiger partial charge < -0.3 is 21.0 Å². The van der Waals surface area contributed by atoms with Crippen molar-refractivity contribution in [3.63, 3.8) is 0 Å². The number of halogens is 4. The highest BCUT2D eigenvalue weighted by atomic mass is 19.4. The number of fused-ring (bicyclic) bond motifs is 1. The van der Waals surface area contributed by atoms with Crippen LogP contribution in [0.3, 0.4) is 0 Å². The maximum Gasteiger partial charge on any atom is 0.493 e. The number of aromatic nitrogens is 1. The first-order chi connectivity index (χ1) is 18.4. The van der Waals surface area contributed by atoms with E-state index >= 15 is 0 Å². The molecule has 0 saturated heterocycles. The Morgan fingerprint density at radius 1 is 1.05 bits per heavy atom. The van der Waals surface area contributed by atoms with E-state index in [0.717, 1.165) is 5.39 Å². The number of alkyl halides is 3. The van der Waals surface area contributed by atoms with Gasteiger partial charge in [0.2, 0.25) is 5.88 Å². The first-order valence-electron chi connectivity index (χ1n) is 12.2. The summed E-state index contributed by atoms with van der Waals surface area (Å²) < 4.78 is 58.5. The average Bonchev–Trinajstić information content (AvgIpc) is 2.92. The maximum absolute atomic E-state index is 13.4. The van der Waals surface area contributed by atoms with Crippen molar-refractivity contribution in [3.8, 4) is 5.88 Å². The summed E-state index contributed by atoms with van der Waals surface area (Å²) in [6, 6.07) is 14.7. The van der Waals surface area contributed by atoms with Crippen LogP contribution in [0.1, 0.15) is 31.7 Å². The van der Waals surface area contributed by atoms with Gasteiger partial charge >= 0.3 is 12.1 Å². The molecule has 2 atom stereocenters. The molecule has 0 bridgehead atoms. The molecule has 0 radical (unpaired) electrons. The van der Waals surface area contributed by atoms with Crippen molar-refractivity contribution < 1.29 is 36.7 Å². The summed E-state index contributed by atoms with van der Waals surface area (Å²) >= 11 is 0. The molecule has 0 fully saturated rings. The van der Waals surface area contributed by atoms with Crippen molar-refractivity contribution in [2.45, 2.75) is 50.4 Å². The number of pyridine rings is 1. The van der Waals surface area contributed by atoms with Crippen molar-refractivity contribution in [2.75, 3.05) is 13.2 Å². The summed E-state index contributed by atoms with van der Waals surface area (Å²) in [7, 11) is 0. The molecule has 1 heterocycles. The highest BCUT2D eigenvalue weighted by Gasteiger charge is 2.48. The Bertz CT molecular complexity index is 1270. The average molecular weight is 551 g/mol. The Labute approximate surface area is 222 Å². The number of aryl methyl sites for hydroxylation is 1. The lowest BCUT2D eigenvalue weighted by atomic mass is 9.94. The Kier molecular flexibility index (Phi) is 9.81. The molecule has 12 heteroatoms. The number of carbonyl (C=O) groups excluding carboxylic acids is 2. The third-order valence-corrected chi connectivity index (χ3v) is 6.09. The first kappa shape index (κ1) is 29.8. The molecule has 1 amide bonds. The van der Waals surface area contributed by atoms with Gasteiger partial charge in [0.1, 0.15) is 18.0 Å². The lowest BCUT2D eigenvalue weighted by molar-refractivity contribution is -0.257. The second-order valence-corrected chi connectivity index (χ2v) is 9.30. The van der Waals surface area contributed by atoms with Crippen molar-refractivity contribution in [1.82, 2.24) is 10.0 Å². The van der Waals surface area contributed by atoms with E-state index < -0.39 is 35.5 Å². The minimum Gasteiger partial charge on any atom is -0.475 e. The van der Waals surface area contributed by atoms with Gasteiger partial charge in [-0.15, -0.1) is 0 Å². The van der Waals surface area contributed by atoms with Gasteiger partial charge in [-0.3, -0.25) is 4.79 Å². The number of carbonyl (C=O) groups is 2. The normalized spacial score (nSPS) is 13.9. The van der Waals surface area contributed by atoms with Gasteiger partial charge in [0.25, 0.3) is 5.91 Å². The summed E-state index contributed by atoms with van der Waals surface area (Å²) in [6.07, 6.45) is -4.86. The number of ether oxygens (including phenoxy) is 1. The Morgan fingerprint density at radius 3 is 2.41 bits per heavy atom. The summed E-state index contributed by atoms with van der Waals surface area (Å²) in [6.45, 7) is 1.19. The number of amides is 1. The summed E-state index contributed by atoms with van der Waals surface area (Å²) in [5, 5.41) is 1.20. The molecule has 2 aromatic carbocycles. The molecule has 3 aromatic rings. The van der Waals surface area contributed by atoms with E-state index in [2.05, 4.69) is 9.82 Å². The summed E-state index contributed by atoms with van der Waals surface area (Å²) in [4.78, 5) is 34.2. The number of para-hydroxylation sites is 1. The van der Waals surface area contributed by atoms with Gasteiger partial charge in [0.15, 0.2) is 0 Å². The standard InChI is InChI=1S/C27H30F4N4O4/c1-26(15-4-16-32,17-38-23-14-10-19-5-2-3-6-22(19)34-23)35(39-25(37)27(29,30)31)24(36)21(33)13-9-18-7-11-20(28)12-8-18/h2-3,5-8,10-12,14,21H,4,9,13,15-17,32-33H2,1H3/t21-,26-/m0/s1. The van der Waals surface area contributed by atoms with Crippen LogP contribution in [-0.4, -0.2) is 52.8 Å². The molecule has 0 unspecified atom stereocenters. The Morgan fingerprint density at radius 2 is 1.74 bits per heavy atom. The van der Waals surface area contributed by atoms with E-state index in [1.807, 2.05) is 12.1 Å². The lowest BCUT2D eigenvalue weighted by Crippen LogP contribution is -2.59. The second-order valence-electron chi connectivity index (χ2n) is 9.30. The molecular formula is C27H30F4N4O4. The molecule has 0 aliphatic heterocycles. The van der Waals surface area contributed by atoms with Gasteiger partial charge in [-0.05, 0) is 69.0 Å². The SMILES string of the molecule is C[C@](CCCN)(COc1ccc2ccccc2n1)N(OC(=O)C(F)(F)F)C(=O)[C@@H](N)CCc1ccc(F)cc1. The van der Waals surface area contributed by atoms with Gasteiger partial charge in [-0.25, -0.2) is 14.2 Å². The number of nitrogens with zero attached hydrogens (tertiary/aromatic N) is 2. The summed E-state index contributed by atoms with van der Waals surface area (Å²) in [5.41, 5.74) is 11.4. The fraction of sp³-hybridized carbons (Fsp3) is 0.370. The second kappa shape index (κ2) is 12.9. The molecule has 39 heavy (non-hydrogen) atoms. The Hall–Kier alpha value is -3.77. The molecule has 0 aliphatic rings. The monoisotopic (exact) mass is 550 g/mol. The van der Waals surface area contributed by atoms with E-state index in [9.17, 15) is 27.2 Å². The van der Waals surface area contributed by atoms with Crippen LogP contribution in [0.4, 0.5) is 17.6 Å². The van der Waals surface area contributed by atoms with Crippen molar-refractivity contribution in [3.05, 3.63) is 72.0 Å². The van der Waals surface area contributed by atoms with Crippen LogP contribution in [0.2, 0.25) is 0 Å². The third kappa shape index (κ3) is 8.11. The minimum absolute atomic E-state index is 0.00934. The van der Waals surface area contributed by atoms with Crippen molar-refractivity contribution >= 4 is 22.8 Å². The zero-order chi connectivity index (χ0) is 28.6. The van der Waals surface area contributed by atoms with E-state index in [-0.39, 0.29) is 44.7 Å². The van der Waals surface area contributed by atoms with E-state index in [1.165, 1.54) is 31.2 Å². The van der Waals surface area contributed by atoms with Crippen LogP contribution in [0, 0.1) is 5.82 Å². The number of rotatable bonds is 11. The van der Waals surface area contributed by atoms with Crippen molar-refractivity contribution in [1.29, 1.82) is 0 Å². The van der Waals surface area contributed by atoms with Gasteiger partial charge in [0, 0.05) is 11.5 Å². The van der Waals surface area contributed by atoms with Crippen LogP contribution in [0.25, 0.3) is 10.9 Å². The molecule has 1 aromatic heterocycles. The topological polar surface area (TPSA) is 121 Å². The van der Waals surface area contributed by atoms with Gasteiger partial charge in [-0.1, -0.05) is 30.3 Å². The highest BCUT2D eigenvalue weighted by Crippen LogP contribution is 2.28. The van der Waals surface area contributed by atoms with Gasteiger partial charge in [-0.2, -0.15) is 18.2 Å². The predicted molar refractivity (Wildman–Crippen MR) is 136 cm³/mol. The fourth-order valence-corrected chi connectivity index (χ4v) is 3.88. The molecule has 0 spiro atoms. The van der Waals surface area contributed by atoms with Crippen LogP contribution < -0.4 is 16.2 Å². The van der Waals surface area contributed by atoms with Crippen LogP contribution >= 0.6 is 0 Å². The smallest absolute Gasteiger partial charge is 0.475 e. The molecule has 8 nitrogen and oxygen atoms in total. The van der Waals surface area contributed by atoms with Crippen LogP contribution in [-0.2, 0) is 20.8 Å². The minimum atomic E-state index is -5.37. The van der Waals surface area contributed by atoms with E-state index in [1.54, 1.807) is 24.3 Å². The zero-order valence-electron chi connectivity index (χ0n) is 21.3. The largest absolute Gasteiger partial charge is 0.493 e. The maximum atomic E-state index is 13.4. The zero-order valence-corrected chi connectivity index (χ0v) is 21.3. The summed E-state index contributed by atoms with van der Waals surface area (Å²) in [5.74, 6) is -3.92. The molecule has 4 N–H and O–H groups in total. The molecule has 0 aliphatic carbocycles. The molecular weight excluding hydrogens is 520 g/mol. The quantitative estimate of drug-likeness (QED) is 0.273. The van der Waals surface area contributed by atoms with Crippen LogP contribution in [0.15, 0.2) is 60.7 Å². The van der Waals surface area contributed by atoms with E-state index in [0.29, 0.717) is 16.1 Å². The highest BCUT2D eigenvalue weighted by molar-refractivity contribution is 5.84. The third-order valence-electron chi connectivity index (χ3n) is 6.09. The first-order valence-corrected chi connectivity index (χ1v) is 12.2. The number of hydroxylamine groups is 2. The number of hydrogen-bond donors (Lipinski definition) is 2. The van der Waals surface area contributed by atoms with Crippen molar-refractivity contribution in [2.24, 2.45) is 11.5 Å². The number of nitrogens with two attached hydrogens (primary N) is 2. The fourth-order valence-electron chi connectivity index (χ4n) is 3.88. The number of benzene rings is 2. The lowest BCUT2D eigenvalue weighted by Gasteiger charge is -2.39. The predicted octanol–water partition coefficient (Wildman–Crippen LogP) is 4.06. The Balaban J connectivity index is 1.86.